The Morgan fingerprint density at radius 1 is 1.16 bits per heavy atom. The summed E-state index contributed by atoms with van der Waals surface area (Å²) in [7, 11) is 3.27. The molecule has 1 aromatic rings. The van der Waals surface area contributed by atoms with E-state index in [4.69, 9.17) is 30.5 Å². The van der Waals surface area contributed by atoms with Crippen molar-refractivity contribution in [2.24, 2.45) is 0 Å². The summed E-state index contributed by atoms with van der Waals surface area (Å²) in [5.74, 6) is 1.44. The lowest BCUT2D eigenvalue weighted by Gasteiger charge is -2.40. The lowest BCUT2D eigenvalue weighted by molar-refractivity contribution is -0.0903. The molecule has 0 saturated heterocycles. The van der Waals surface area contributed by atoms with Gasteiger partial charge in [-0.05, 0) is 12.1 Å². The Labute approximate surface area is 118 Å². The molecule has 0 heterocycles. The number of para-hydroxylation sites is 2. The third-order valence-electron chi connectivity index (χ3n) is 3.13. The Morgan fingerprint density at radius 3 is 2.53 bits per heavy atom. The molecule has 1 aliphatic carbocycles. The van der Waals surface area contributed by atoms with E-state index in [2.05, 4.69) is 0 Å². The van der Waals surface area contributed by atoms with Crippen molar-refractivity contribution in [3.8, 4) is 11.5 Å². The van der Waals surface area contributed by atoms with Gasteiger partial charge in [0.05, 0.1) is 25.7 Å². The summed E-state index contributed by atoms with van der Waals surface area (Å²) < 4.78 is 21.8. The molecule has 1 aromatic carbocycles. The monoisotopic (exact) mass is 286 g/mol. The van der Waals surface area contributed by atoms with Crippen LogP contribution in [0.2, 0.25) is 0 Å². The predicted molar refractivity (Wildman–Crippen MR) is 73.3 cm³/mol. The van der Waals surface area contributed by atoms with Gasteiger partial charge in [-0.3, -0.25) is 0 Å². The van der Waals surface area contributed by atoms with Crippen LogP contribution in [0.1, 0.15) is 6.42 Å². The smallest absolute Gasteiger partial charge is 0.161 e. The van der Waals surface area contributed by atoms with Gasteiger partial charge >= 0.3 is 0 Å². The molecular formula is C14H19ClO4. The third kappa shape index (κ3) is 3.53. The molecular weight excluding hydrogens is 268 g/mol. The molecule has 0 bridgehead atoms. The van der Waals surface area contributed by atoms with Gasteiger partial charge in [0.15, 0.2) is 11.5 Å². The van der Waals surface area contributed by atoms with E-state index in [0.29, 0.717) is 13.2 Å². The molecule has 19 heavy (non-hydrogen) atoms. The third-order valence-corrected chi connectivity index (χ3v) is 3.55. The SMILES string of the molecule is COCCOC1C(Cl)CC1Oc1ccccc1OC. The van der Waals surface area contributed by atoms with Crippen molar-refractivity contribution >= 4 is 11.6 Å². The van der Waals surface area contributed by atoms with E-state index in [-0.39, 0.29) is 17.6 Å². The molecule has 1 fully saturated rings. The Balaban J connectivity index is 1.91. The van der Waals surface area contributed by atoms with Crippen molar-refractivity contribution in [1.29, 1.82) is 0 Å². The van der Waals surface area contributed by atoms with Crippen LogP contribution in [0.4, 0.5) is 0 Å². The van der Waals surface area contributed by atoms with Crippen molar-refractivity contribution in [2.75, 3.05) is 27.4 Å². The van der Waals surface area contributed by atoms with Crippen molar-refractivity contribution in [1.82, 2.24) is 0 Å². The standard InChI is InChI=1S/C14H19ClO4/c1-16-7-8-18-14-10(15)9-13(14)19-12-6-4-3-5-11(12)17-2/h3-6,10,13-14H,7-9H2,1-2H3. The Kier molecular flexibility index (Phi) is 5.31. The fraction of sp³-hybridized carbons (Fsp3) is 0.571. The molecule has 5 heteroatoms. The molecule has 0 aromatic heterocycles. The van der Waals surface area contributed by atoms with E-state index in [1.807, 2.05) is 24.3 Å². The maximum absolute atomic E-state index is 6.15. The van der Waals surface area contributed by atoms with Gasteiger partial charge in [-0.15, -0.1) is 11.6 Å². The highest BCUT2D eigenvalue weighted by Crippen LogP contribution is 2.36. The van der Waals surface area contributed by atoms with Gasteiger partial charge in [0, 0.05) is 13.5 Å². The normalized spacial score (nSPS) is 25.7. The second-order valence-electron chi connectivity index (χ2n) is 4.39. The van der Waals surface area contributed by atoms with Gasteiger partial charge in [0.25, 0.3) is 0 Å². The fourth-order valence-electron chi connectivity index (χ4n) is 2.00. The number of hydrogen-bond acceptors (Lipinski definition) is 4. The molecule has 3 atom stereocenters. The molecule has 1 saturated carbocycles. The Hall–Kier alpha value is -0.970. The molecule has 0 radical (unpaired) electrons. The summed E-state index contributed by atoms with van der Waals surface area (Å²) >= 11 is 6.15. The van der Waals surface area contributed by atoms with E-state index in [0.717, 1.165) is 17.9 Å². The molecule has 0 amide bonds. The van der Waals surface area contributed by atoms with Crippen molar-refractivity contribution in [3.63, 3.8) is 0 Å². The zero-order valence-corrected chi connectivity index (χ0v) is 11.9. The Morgan fingerprint density at radius 2 is 1.89 bits per heavy atom. The van der Waals surface area contributed by atoms with Crippen LogP contribution in [-0.4, -0.2) is 45.0 Å². The van der Waals surface area contributed by atoms with Crippen LogP contribution in [0.25, 0.3) is 0 Å². The van der Waals surface area contributed by atoms with Gasteiger partial charge in [-0.2, -0.15) is 0 Å². The van der Waals surface area contributed by atoms with Crippen LogP contribution in [0.5, 0.6) is 11.5 Å². The van der Waals surface area contributed by atoms with Crippen LogP contribution >= 0.6 is 11.6 Å². The lowest BCUT2D eigenvalue weighted by atomic mass is 9.91. The number of halogens is 1. The van der Waals surface area contributed by atoms with Gasteiger partial charge in [-0.25, -0.2) is 0 Å². The minimum Gasteiger partial charge on any atom is -0.493 e. The maximum atomic E-state index is 6.15. The van der Waals surface area contributed by atoms with Crippen LogP contribution < -0.4 is 9.47 Å². The Bertz CT molecular complexity index is 399. The molecule has 0 spiro atoms. The zero-order chi connectivity index (χ0) is 13.7. The topological polar surface area (TPSA) is 36.9 Å². The summed E-state index contributed by atoms with van der Waals surface area (Å²) in [4.78, 5) is 0. The van der Waals surface area contributed by atoms with E-state index < -0.39 is 0 Å². The summed E-state index contributed by atoms with van der Waals surface area (Å²) in [6.45, 7) is 1.08. The van der Waals surface area contributed by atoms with Crippen LogP contribution in [0.3, 0.4) is 0 Å². The number of alkyl halides is 1. The van der Waals surface area contributed by atoms with E-state index in [1.54, 1.807) is 14.2 Å². The summed E-state index contributed by atoms with van der Waals surface area (Å²) in [6.07, 6.45) is 0.648. The number of hydrogen-bond donors (Lipinski definition) is 0. The van der Waals surface area contributed by atoms with E-state index in [1.165, 1.54) is 0 Å². The first kappa shape index (κ1) is 14.4. The molecule has 106 valence electrons. The summed E-state index contributed by atoms with van der Waals surface area (Å²) in [5.41, 5.74) is 0. The van der Waals surface area contributed by atoms with Gasteiger partial charge in [0.2, 0.25) is 0 Å². The zero-order valence-electron chi connectivity index (χ0n) is 11.2. The molecule has 2 rings (SSSR count). The molecule has 3 unspecified atom stereocenters. The van der Waals surface area contributed by atoms with Gasteiger partial charge in [-0.1, -0.05) is 12.1 Å². The van der Waals surface area contributed by atoms with Crippen LogP contribution in [0, 0.1) is 0 Å². The minimum absolute atomic E-state index is 0.00318. The molecule has 0 aliphatic heterocycles. The fourth-order valence-corrected chi connectivity index (χ4v) is 2.41. The number of benzene rings is 1. The molecule has 4 nitrogen and oxygen atoms in total. The minimum atomic E-state index is -0.0956. The first-order valence-corrected chi connectivity index (χ1v) is 6.74. The lowest BCUT2D eigenvalue weighted by Crippen LogP contribution is -2.53. The highest BCUT2D eigenvalue weighted by molar-refractivity contribution is 6.21. The first-order valence-electron chi connectivity index (χ1n) is 6.30. The van der Waals surface area contributed by atoms with Gasteiger partial charge in [0.1, 0.15) is 12.2 Å². The number of ether oxygens (including phenoxy) is 4. The first-order chi connectivity index (χ1) is 9.26. The quantitative estimate of drug-likeness (QED) is 0.570. The molecule has 0 N–H and O–H groups in total. The largest absolute Gasteiger partial charge is 0.493 e. The second-order valence-corrected chi connectivity index (χ2v) is 4.95. The summed E-state index contributed by atoms with van der Waals surface area (Å²) in [5, 5.41) is -0.00318. The number of rotatable bonds is 7. The highest BCUT2D eigenvalue weighted by Gasteiger charge is 2.43. The van der Waals surface area contributed by atoms with Crippen LogP contribution in [0.15, 0.2) is 24.3 Å². The highest BCUT2D eigenvalue weighted by atomic mass is 35.5. The van der Waals surface area contributed by atoms with Gasteiger partial charge < -0.3 is 18.9 Å². The van der Waals surface area contributed by atoms with Crippen LogP contribution in [-0.2, 0) is 9.47 Å². The average Bonchev–Trinajstić information content (AvgIpc) is 2.43. The van der Waals surface area contributed by atoms with E-state index in [9.17, 15) is 0 Å². The average molecular weight is 287 g/mol. The van der Waals surface area contributed by atoms with E-state index >= 15 is 0 Å². The second kappa shape index (κ2) is 6.98. The molecule has 1 aliphatic rings. The van der Waals surface area contributed by atoms with Crippen molar-refractivity contribution < 1.29 is 18.9 Å². The van der Waals surface area contributed by atoms with Crippen molar-refractivity contribution in [2.45, 2.75) is 24.0 Å². The van der Waals surface area contributed by atoms with Crippen molar-refractivity contribution in [3.05, 3.63) is 24.3 Å². The maximum Gasteiger partial charge on any atom is 0.161 e. The predicted octanol–water partition coefficient (Wildman–Crippen LogP) is 2.49. The summed E-state index contributed by atoms with van der Waals surface area (Å²) in [6, 6.07) is 7.57. The number of methoxy groups -OCH3 is 2.